The monoisotopic (exact) mass is 186 g/mol. The highest BCUT2D eigenvalue weighted by Gasteiger charge is 2.15. The van der Waals surface area contributed by atoms with E-state index < -0.39 is 0 Å². The largest absolute Gasteiger partial charge is 0.289 e. The van der Waals surface area contributed by atoms with Crippen molar-refractivity contribution in [3.05, 3.63) is 40.8 Å². The van der Waals surface area contributed by atoms with Crippen LogP contribution in [-0.4, -0.2) is 5.78 Å². The Balaban J connectivity index is 2.58. The van der Waals surface area contributed by atoms with Gasteiger partial charge in [0.2, 0.25) is 0 Å². The van der Waals surface area contributed by atoms with Crippen molar-refractivity contribution in [1.82, 2.24) is 0 Å². The number of hydrogen-bond donors (Lipinski definition) is 0. The van der Waals surface area contributed by atoms with Crippen LogP contribution in [0.2, 0.25) is 0 Å². The van der Waals surface area contributed by atoms with Crippen LogP contribution in [0.15, 0.2) is 29.7 Å². The van der Waals surface area contributed by atoms with E-state index in [-0.39, 0.29) is 5.78 Å². The number of allylic oxidation sites excluding steroid dienone is 1. The van der Waals surface area contributed by atoms with E-state index in [2.05, 4.69) is 6.07 Å². The van der Waals surface area contributed by atoms with Gasteiger partial charge in [-0.25, -0.2) is 0 Å². The smallest absolute Gasteiger partial charge is 0.187 e. The zero-order valence-corrected chi connectivity index (χ0v) is 7.60. The Morgan fingerprint density at radius 3 is 3.00 bits per heavy atom. The molecule has 0 radical (unpaired) electrons. The lowest BCUT2D eigenvalue weighted by Gasteiger charge is -2.04. The maximum Gasteiger partial charge on any atom is 0.187 e. The zero-order valence-electron chi connectivity index (χ0n) is 6.78. The van der Waals surface area contributed by atoms with Crippen molar-refractivity contribution in [3.63, 3.8) is 0 Å². The van der Waals surface area contributed by atoms with Crippen LogP contribution in [-0.2, 0) is 0 Å². The first-order valence-corrected chi connectivity index (χ1v) is 4.97. The minimum Gasteiger partial charge on any atom is -0.289 e. The van der Waals surface area contributed by atoms with Crippen LogP contribution in [0.4, 0.5) is 0 Å². The van der Waals surface area contributed by atoms with Gasteiger partial charge in [-0.1, -0.05) is 18.2 Å². The summed E-state index contributed by atoms with van der Waals surface area (Å²) < 4.78 is 1.20. The van der Waals surface area contributed by atoms with Gasteiger partial charge in [-0.2, -0.15) is 0 Å². The Morgan fingerprint density at radius 1 is 1.15 bits per heavy atom. The number of hydrogen-bond acceptors (Lipinski definition) is 2. The molecule has 0 unspecified atom stereocenters. The van der Waals surface area contributed by atoms with Crippen molar-refractivity contribution in [2.45, 2.75) is 0 Å². The molecule has 0 N–H and O–H groups in total. The van der Waals surface area contributed by atoms with E-state index in [1.54, 1.807) is 17.4 Å². The topological polar surface area (TPSA) is 17.1 Å². The molecule has 1 aromatic carbocycles. The molecule has 0 bridgehead atoms. The molecule has 0 atom stereocenters. The van der Waals surface area contributed by atoms with Gasteiger partial charge in [0.1, 0.15) is 0 Å². The number of ketones is 1. The van der Waals surface area contributed by atoms with Gasteiger partial charge < -0.3 is 0 Å². The van der Waals surface area contributed by atoms with Gasteiger partial charge in [0.25, 0.3) is 0 Å². The molecular weight excluding hydrogens is 180 g/mol. The fraction of sp³-hybridized carbons (Fsp3) is 0. The van der Waals surface area contributed by atoms with E-state index in [9.17, 15) is 4.79 Å². The summed E-state index contributed by atoms with van der Waals surface area (Å²) in [6.45, 7) is 0. The molecule has 0 saturated heterocycles. The number of carbonyl (C=O) groups is 1. The molecule has 0 fully saturated rings. The summed E-state index contributed by atoms with van der Waals surface area (Å²) in [6, 6.07) is 6.12. The molecule has 1 aromatic heterocycles. The fourth-order valence-electron chi connectivity index (χ4n) is 1.69. The van der Waals surface area contributed by atoms with Crippen molar-refractivity contribution in [2.75, 3.05) is 0 Å². The Morgan fingerprint density at radius 2 is 2.08 bits per heavy atom. The Kier molecular flexibility index (Phi) is 1.24. The van der Waals surface area contributed by atoms with Crippen molar-refractivity contribution in [3.8, 4) is 0 Å². The van der Waals surface area contributed by atoms with Gasteiger partial charge in [-0.3, -0.25) is 4.79 Å². The minimum atomic E-state index is 0.130. The molecule has 1 heterocycles. The molecule has 0 spiro atoms. The summed E-state index contributed by atoms with van der Waals surface area (Å²) in [5.41, 5.74) is 2.02. The molecule has 1 aliphatic carbocycles. The van der Waals surface area contributed by atoms with Crippen molar-refractivity contribution < 1.29 is 4.79 Å². The van der Waals surface area contributed by atoms with E-state index in [4.69, 9.17) is 0 Å². The summed E-state index contributed by atoms with van der Waals surface area (Å²) in [7, 11) is 0. The van der Waals surface area contributed by atoms with Crippen molar-refractivity contribution in [2.24, 2.45) is 0 Å². The number of carbonyl (C=O) groups excluding carboxylic acids is 1. The quantitative estimate of drug-likeness (QED) is 0.617. The maximum absolute atomic E-state index is 11.5. The second kappa shape index (κ2) is 2.30. The first-order chi connectivity index (χ1) is 6.36. The van der Waals surface area contributed by atoms with Crippen LogP contribution in [0.1, 0.15) is 15.9 Å². The third-order valence-electron chi connectivity index (χ3n) is 2.31. The van der Waals surface area contributed by atoms with Crippen LogP contribution in [0.25, 0.3) is 16.2 Å². The zero-order chi connectivity index (χ0) is 8.84. The summed E-state index contributed by atoms with van der Waals surface area (Å²) in [6.07, 6.45) is 3.54. The molecule has 0 saturated carbocycles. The Labute approximate surface area is 79.3 Å². The predicted octanol–water partition coefficient (Wildman–Crippen LogP) is 3.11. The highest BCUT2D eigenvalue weighted by Crippen LogP contribution is 2.32. The molecule has 1 nitrogen and oxygen atoms in total. The van der Waals surface area contributed by atoms with Gasteiger partial charge in [0, 0.05) is 21.0 Å². The van der Waals surface area contributed by atoms with Gasteiger partial charge in [0.15, 0.2) is 5.78 Å². The van der Waals surface area contributed by atoms with Crippen LogP contribution in [0, 0.1) is 0 Å². The fourth-order valence-corrected chi connectivity index (χ4v) is 2.67. The number of thiophene rings is 1. The van der Waals surface area contributed by atoms with Crippen LogP contribution < -0.4 is 0 Å². The normalized spacial score (nSPS) is 14.0. The molecule has 3 rings (SSSR count). The van der Waals surface area contributed by atoms with E-state index in [1.165, 1.54) is 4.70 Å². The lowest BCUT2D eigenvalue weighted by atomic mass is 9.98. The van der Waals surface area contributed by atoms with E-state index in [1.807, 2.05) is 23.6 Å². The second-order valence-electron chi connectivity index (χ2n) is 3.07. The molecule has 0 aliphatic heterocycles. The number of benzene rings is 1. The Bertz CT molecular complexity index is 534. The van der Waals surface area contributed by atoms with Gasteiger partial charge >= 0.3 is 0 Å². The lowest BCUT2D eigenvalue weighted by Crippen LogP contribution is -1.97. The third-order valence-corrected chi connectivity index (χ3v) is 3.26. The van der Waals surface area contributed by atoms with Crippen LogP contribution in [0.3, 0.4) is 0 Å². The second-order valence-corrected chi connectivity index (χ2v) is 3.98. The molecule has 0 amide bonds. The third kappa shape index (κ3) is 0.835. The molecular formula is C11H6OS. The first kappa shape index (κ1) is 7.04. The van der Waals surface area contributed by atoms with E-state index in [0.717, 1.165) is 16.5 Å². The van der Waals surface area contributed by atoms with Gasteiger partial charge in [-0.15, -0.1) is 11.3 Å². The summed E-state index contributed by atoms with van der Waals surface area (Å²) in [5.74, 6) is 0.130. The molecule has 13 heavy (non-hydrogen) atoms. The predicted molar refractivity (Wildman–Crippen MR) is 55.2 cm³/mol. The van der Waals surface area contributed by atoms with Crippen LogP contribution in [0.5, 0.6) is 0 Å². The highest BCUT2D eigenvalue weighted by atomic mass is 32.1. The summed E-state index contributed by atoms with van der Waals surface area (Å²) >= 11 is 1.64. The first-order valence-electron chi connectivity index (χ1n) is 4.09. The maximum atomic E-state index is 11.5. The average Bonchev–Trinajstić information content (AvgIpc) is 2.57. The van der Waals surface area contributed by atoms with E-state index in [0.29, 0.717) is 0 Å². The van der Waals surface area contributed by atoms with E-state index >= 15 is 0 Å². The molecule has 1 aliphatic rings. The summed E-state index contributed by atoms with van der Waals surface area (Å²) in [4.78, 5) is 11.5. The number of rotatable bonds is 0. The SMILES string of the molecule is O=C1C=Cc2cccc3scc1c23. The van der Waals surface area contributed by atoms with Gasteiger partial charge in [-0.05, 0) is 17.7 Å². The average molecular weight is 186 g/mol. The Hall–Kier alpha value is -1.41. The molecule has 2 aromatic rings. The highest BCUT2D eigenvalue weighted by molar-refractivity contribution is 7.17. The van der Waals surface area contributed by atoms with Crippen LogP contribution >= 0.6 is 11.3 Å². The molecule has 62 valence electrons. The minimum absolute atomic E-state index is 0.130. The summed E-state index contributed by atoms with van der Waals surface area (Å²) in [5, 5.41) is 3.07. The van der Waals surface area contributed by atoms with Crippen molar-refractivity contribution in [1.29, 1.82) is 0 Å². The lowest BCUT2D eigenvalue weighted by molar-refractivity contribution is 0.104. The standard InChI is InChI=1S/C11H6OS/c12-9-5-4-7-2-1-3-10-11(7)8(9)6-13-10/h1-6H. The molecule has 2 heteroatoms. The van der Waals surface area contributed by atoms with Crippen molar-refractivity contribution >= 4 is 33.3 Å². The van der Waals surface area contributed by atoms with Gasteiger partial charge in [0.05, 0.1) is 0 Å².